The Morgan fingerprint density at radius 1 is 1.26 bits per heavy atom. The van der Waals surface area contributed by atoms with E-state index in [1.165, 1.54) is 31.0 Å². The van der Waals surface area contributed by atoms with Gasteiger partial charge in [0.05, 0.1) is 0 Å². The summed E-state index contributed by atoms with van der Waals surface area (Å²) in [5.41, 5.74) is 0.0855. The van der Waals surface area contributed by atoms with Crippen molar-refractivity contribution >= 4 is 0 Å². The summed E-state index contributed by atoms with van der Waals surface area (Å²) in [6, 6.07) is 4.72. The van der Waals surface area contributed by atoms with Crippen LogP contribution >= 0.6 is 0 Å². The lowest BCUT2D eigenvalue weighted by Crippen LogP contribution is -2.39. The predicted octanol–water partition coefficient (Wildman–Crippen LogP) is 3.92. The van der Waals surface area contributed by atoms with Crippen LogP contribution in [0.3, 0.4) is 0 Å². The van der Waals surface area contributed by atoms with Gasteiger partial charge in [-0.1, -0.05) is 26.8 Å². The molecule has 19 heavy (non-hydrogen) atoms. The van der Waals surface area contributed by atoms with Gasteiger partial charge in [0.15, 0.2) is 0 Å². The molecule has 1 unspecified atom stereocenters. The van der Waals surface area contributed by atoms with E-state index in [0.717, 1.165) is 6.54 Å². The van der Waals surface area contributed by atoms with Gasteiger partial charge < -0.3 is 5.32 Å². The molecule has 1 aliphatic carbocycles. The molecule has 1 aromatic rings. The van der Waals surface area contributed by atoms with Crippen LogP contribution in [0.1, 0.15) is 39.2 Å². The maximum absolute atomic E-state index is 13.8. The van der Waals surface area contributed by atoms with Gasteiger partial charge in [-0.25, -0.2) is 8.78 Å². The molecular formula is C16H23F2N. The number of nitrogens with one attached hydrogen (secondary N) is 1. The second-order valence-corrected chi connectivity index (χ2v) is 6.34. The smallest absolute Gasteiger partial charge is 0.129 e. The van der Waals surface area contributed by atoms with Gasteiger partial charge in [-0.2, -0.15) is 0 Å². The van der Waals surface area contributed by atoms with E-state index in [4.69, 9.17) is 0 Å². The largest absolute Gasteiger partial charge is 0.313 e. The molecule has 0 radical (unpaired) electrons. The van der Waals surface area contributed by atoms with Crippen LogP contribution in [0.15, 0.2) is 18.2 Å². The summed E-state index contributed by atoms with van der Waals surface area (Å²) in [7, 11) is 0. The third kappa shape index (κ3) is 3.53. The third-order valence-corrected chi connectivity index (χ3v) is 4.41. The fourth-order valence-electron chi connectivity index (χ4n) is 2.24. The Morgan fingerprint density at radius 3 is 2.32 bits per heavy atom. The lowest BCUT2D eigenvalue weighted by atomic mass is 9.74. The second kappa shape index (κ2) is 5.58. The maximum atomic E-state index is 13.8. The molecule has 0 amide bonds. The Hall–Kier alpha value is -0.960. The SMILES string of the molecule is CC(C)C(C)(CNC1CC1)Cc1c(F)cccc1F. The van der Waals surface area contributed by atoms with Crippen molar-refractivity contribution < 1.29 is 8.78 Å². The van der Waals surface area contributed by atoms with Crippen LogP contribution in [0.25, 0.3) is 0 Å². The molecule has 1 aromatic carbocycles. The Labute approximate surface area is 114 Å². The first-order valence-corrected chi connectivity index (χ1v) is 7.08. The minimum absolute atomic E-state index is 0.133. The fraction of sp³-hybridized carbons (Fsp3) is 0.625. The zero-order chi connectivity index (χ0) is 14.0. The third-order valence-electron chi connectivity index (χ3n) is 4.41. The number of rotatable bonds is 6. The van der Waals surface area contributed by atoms with Gasteiger partial charge in [-0.15, -0.1) is 0 Å². The summed E-state index contributed by atoms with van der Waals surface area (Å²) < 4.78 is 27.6. The summed E-state index contributed by atoms with van der Waals surface area (Å²) in [5, 5.41) is 3.49. The van der Waals surface area contributed by atoms with E-state index in [1.54, 1.807) is 0 Å². The molecule has 2 rings (SSSR count). The van der Waals surface area contributed by atoms with Gasteiger partial charge in [0.2, 0.25) is 0 Å². The summed E-state index contributed by atoms with van der Waals surface area (Å²) in [4.78, 5) is 0. The van der Waals surface area contributed by atoms with E-state index in [1.807, 2.05) is 0 Å². The first kappa shape index (κ1) is 14.4. The molecular weight excluding hydrogens is 244 g/mol. The molecule has 1 aliphatic rings. The van der Waals surface area contributed by atoms with Crippen molar-refractivity contribution in [1.29, 1.82) is 0 Å². The molecule has 0 aliphatic heterocycles. The van der Waals surface area contributed by atoms with Crippen LogP contribution < -0.4 is 5.32 Å². The average Bonchev–Trinajstić information content (AvgIpc) is 3.15. The Balaban J connectivity index is 2.14. The minimum atomic E-state index is -0.432. The molecule has 0 spiro atoms. The van der Waals surface area contributed by atoms with E-state index >= 15 is 0 Å². The zero-order valence-corrected chi connectivity index (χ0v) is 12.0. The van der Waals surface area contributed by atoms with E-state index < -0.39 is 11.6 Å². The highest BCUT2D eigenvalue weighted by Crippen LogP contribution is 2.33. The standard InChI is InChI=1S/C16H23F2N/c1-11(2)16(3,10-19-12-7-8-12)9-13-14(17)5-4-6-15(13)18/h4-6,11-12,19H,7-10H2,1-3H3. The van der Waals surface area contributed by atoms with Gasteiger partial charge >= 0.3 is 0 Å². The lowest BCUT2D eigenvalue weighted by molar-refractivity contribution is 0.202. The van der Waals surface area contributed by atoms with Crippen LogP contribution in [0.2, 0.25) is 0 Å². The predicted molar refractivity (Wildman–Crippen MR) is 74.0 cm³/mol. The molecule has 1 N–H and O–H groups in total. The van der Waals surface area contributed by atoms with Crippen molar-refractivity contribution in [3.63, 3.8) is 0 Å². The van der Waals surface area contributed by atoms with Gasteiger partial charge in [0.25, 0.3) is 0 Å². The first-order chi connectivity index (χ1) is 8.92. The lowest BCUT2D eigenvalue weighted by Gasteiger charge is -2.34. The van der Waals surface area contributed by atoms with Gasteiger partial charge in [-0.05, 0) is 42.7 Å². The van der Waals surface area contributed by atoms with Crippen LogP contribution in [0.5, 0.6) is 0 Å². The quantitative estimate of drug-likeness (QED) is 0.823. The average molecular weight is 267 g/mol. The minimum Gasteiger partial charge on any atom is -0.313 e. The van der Waals surface area contributed by atoms with Crippen LogP contribution in [0.4, 0.5) is 8.78 Å². The van der Waals surface area contributed by atoms with E-state index in [2.05, 4.69) is 26.1 Å². The highest BCUT2D eigenvalue weighted by atomic mass is 19.1. The van der Waals surface area contributed by atoms with Gasteiger partial charge in [0.1, 0.15) is 11.6 Å². The van der Waals surface area contributed by atoms with Crippen molar-refractivity contribution in [3.05, 3.63) is 35.4 Å². The van der Waals surface area contributed by atoms with Crippen LogP contribution in [-0.2, 0) is 6.42 Å². The highest BCUT2D eigenvalue weighted by molar-refractivity contribution is 5.21. The number of benzene rings is 1. The first-order valence-electron chi connectivity index (χ1n) is 7.08. The van der Waals surface area contributed by atoms with Crippen molar-refractivity contribution in [2.45, 2.75) is 46.1 Å². The molecule has 1 atom stereocenters. The summed E-state index contributed by atoms with van der Waals surface area (Å²) in [5.74, 6) is -0.505. The normalized spacial score (nSPS) is 18.6. The molecule has 0 saturated heterocycles. The maximum Gasteiger partial charge on any atom is 0.129 e. The Kier molecular flexibility index (Phi) is 4.24. The van der Waals surface area contributed by atoms with Gasteiger partial charge in [0, 0.05) is 18.2 Å². The Bertz CT molecular complexity index is 420. The highest BCUT2D eigenvalue weighted by Gasteiger charge is 2.33. The van der Waals surface area contributed by atoms with Crippen molar-refractivity contribution in [1.82, 2.24) is 5.32 Å². The summed E-state index contributed by atoms with van der Waals surface area (Å²) in [6.07, 6.45) is 2.88. The van der Waals surface area contributed by atoms with E-state index in [9.17, 15) is 8.78 Å². The molecule has 0 heterocycles. The molecule has 106 valence electrons. The van der Waals surface area contributed by atoms with Crippen LogP contribution in [0, 0.1) is 23.0 Å². The monoisotopic (exact) mass is 267 g/mol. The molecule has 1 saturated carbocycles. The topological polar surface area (TPSA) is 12.0 Å². The summed E-state index contributed by atoms with van der Waals surface area (Å²) >= 11 is 0. The zero-order valence-electron chi connectivity index (χ0n) is 12.0. The van der Waals surface area contributed by atoms with Crippen molar-refractivity contribution in [2.24, 2.45) is 11.3 Å². The number of hydrogen-bond acceptors (Lipinski definition) is 1. The Morgan fingerprint density at radius 2 is 1.84 bits per heavy atom. The number of hydrogen-bond donors (Lipinski definition) is 1. The van der Waals surface area contributed by atoms with Gasteiger partial charge in [-0.3, -0.25) is 0 Å². The fourth-order valence-corrected chi connectivity index (χ4v) is 2.24. The molecule has 0 aromatic heterocycles. The van der Waals surface area contributed by atoms with E-state index in [-0.39, 0.29) is 11.0 Å². The second-order valence-electron chi connectivity index (χ2n) is 6.34. The van der Waals surface area contributed by atoms with Crippen molar-refractivity contribution in [2.75, 3.05) is 6.54 Å². The molecule has 1 fully saturated rings. The molecule has 3 heteroatoms. The van der Waals surface area contributed by atoms with Crippen LogP contribution in [-0.4, -0.2) is 12.6 Å². The molecule has 1 nitrogen and oxygen atoms in total. The molecule has 0 bridgehead atoms. The van der Waals surface area contributed by atoms with Crippen molar-refractivity contribution in [3.8, 4) is 0 Å². The van der Waals surface area contributed by atoms with E-state index in [0.29, 0.717) is 18.4 Å². The number of halogens is 2. The summed E-state index contributed by atoms with van der Waals surface area (Å²) in [6.45, 7) is 7.16.